The van der Waals surface area contributed by atoms with Crippen molar-refractivity contribution < 1.29 is 9.90 Å². The van der Waals surface area contributed by atoms with Crippen LogP contribution in [0, 0.1) is 5.92 Å². The number of carbonyl (C=O) groups is 1. The van der Waals surface area contributed by atoms with Crippen LogP contribution in [0.2, 0.25) is 0 Å². The van der Waals surface area contributed by atoms with Gasteiger partial charge in [-0.3, -0.25) is 4.79 Å². The van der Waals surface area contributed by atoms with Gasteiger partial charge in [0.1, 0.15) is 5.75 Å². The lowest BCUT2D eigenvalue weighted by Gasteiger charge is -2.36. The third-order valence-corrected chi connectivity index (χ3v) is 6.46. The summed E-state index contributed by atoms with van der Waals surface area (Å²) in [4.78, 5) is 17.0. The average molecular weight is 424 g/mol. The molecule has 0 spiro atoms. The van der Waals surface area contributed by atoms with E-state index in [4.69, 9.17) is 0 Å². The molecule has 2 atom stereocenters. The normalized spacial score (nSPS) is 16.4. The van der Waals surface area contributed by atoms with Crippen LogP contribution in [0.15, 0.2) is 48.5 Å². The van der Waals surface area contributed by atoms with Gasteiger partial charge in [-0.1, -0.05) is 52.0 Å². The van der Waals surface area contributed by atoms with E-state index in [1.807, 2.05) is 17.0 Å². The highest BCUT2D eigenvalue weighted by atomic mass is 16.3. The van der Waals surface area contributed by atoms with Crippen LogP contribution in [0.3, 0.4) is 0 Å². The molecular weight excluding hydrogens is 386 g/mol. The largest absolute Gasteiger partial charge is 0.508 e. The van der Waals surface area contributed by atoms with Crippen LogP contribution >= 0.6 is 0 Å². The number of aromatic hydroxyl groups is 1. The molecule has 0 unspecified atom stereocenters. The Morgan fingerprint density at radius 1 is 0.935 bits per heavy atom. The predicted molar refractivity (Wildman–Crippen MR) is 128 cm³/mol. The Hall–Kier alpha value is -2.53. The predicted octanol–water partition coefficient (Wildman–Crippen LogP) is 4.54. The summed E-state index contributed by atoms with van der Waals surface area (Å²) in [5, 5.41) is 13.0. The van der Waals surface area contributed by atoms with Crippen molar-refractivity contribution in [2.24, 2.45) is 5.92 Å². The van der Waals surface area contributed by atoms with Crippen LogP contribution in [0.1, 0.15) is 57.2 Å². The second-order valence-corrected chi connectivity index (χ2v) is 8.96. The summed E-state index contributed by atoms with van der Waals surface area (Å²) in [5.41, 5.74) is 3.70. The molecular formula is C26H37N3O2. The van der Waals surface area contributed by atoms with E-state index in [0.29, 0.717) is 18.4 Å². The van der Waals surface area contributed by atoms with Gasteiger partial charge in [-0.2, -0.15) is 0 Å². The summed E-state index contributed by atoms with van der Waals surface area (Å²) in [6, 6.07) is 16.3. The van der Waals surface area contributed by atoms with Gasteiger partial charge in [-0.05, 0) is 53.6 Å². The summed E-state index contributed by atoms with van der Waals surface area (Å²) in [6.07, 6.45) is 1.14. The van der Waals surface area contributed by atoms with E-state index in [9.17, 15) is 9.90 Å². The maximum absolute atomic E-state index is 12.8. The van der Waals surface area contributed by atoms with Gasteiger partial charge < -0.3 is 20.2 Å². The number of hydrogen-bond acceptors (Lipinski definition) is 4. The lowest BCUT2D eigenvalue weighted by molar-refractivity contribution is -0.130. The molecule has 168 valence electrons. The van der Waals surface area contributed by atoms with Gasteiger partial charge in [-0.25, -0.2) is 0 Å². The van der Waals surface area contributed by atoms with E-state index >= 15 is 0 Å². The lowest BCUT2D eigenvalue weighted by Crippen LogP contribution is -2.51. The number of benzene rings is 2. The maximum atomic E-state index is 12.8. The molecule has 5 heteroatoms. The van der Waals surface area contributed by atoms with E-state index < -0.39 is 0 Å². The number of rotatable bonds is 8. The smallest absolute Gasteiger partial charge is 0.236 e. The van der Waals surface area contributed by atoms with Crippen LogP contribution in [0.5, 0.6) is 5.75 Å². The molecule has 1 saturated heterocycles. The number of hydrogen-bond donors (Lipinski definition) is 2. The highest BCUT2D eigenvalue weighted by Gasteiger charge is 2.23. The molecule has 2 N–H and O–H groups in total. The van der Waals surface area contributed by atoms with E-state index in [-0.39, 0.29) is 17.7 Å². The molecule has 1 aliphatic rings. The molecule has 0 saturated carbocycles. The molecule has 1 aliphatic heterocycles. The van der Waals surface area contributed by atoms with E-state index in [0.717, 1.165) is 38.3 Å². The number of carbonyl (C=O) groups excluding carboxylic acids is 1. The number of nitrogens with one attached hydrogen (secondary N) is 1. The molecule has 3 rings (SSSR count). The van der Waals surface area contributed by atoms with Gasteiger partial charge in [0, 0.05) is 37.9 Å². The molecule has 2 aromatic carbocycles. The van der Waals surface area contributed by atoms with E-state index in [1.54, 1.807) is 12.1 Å². The van der Waals surface area contributed by atoms with Crippen molar-refractivity contribution in [3.05, 3.63) is 59.7 Å². The fourth-order valence-electron chi connectivity index (χ4n) is 4.19. The third kappa shape index (κ3) is 6.01. The van der Waals surface area contributed by atoms with Gasteiger partial charge in [0.25, 0.3) is 0 Å². The van der Waals surface area contributed by atoms with Crippen molar-refractivity contribution in [2.75, 3.05) is 37.6 Å². The molecule has 31 heavy (non-hydrogen) atoms. The number of phenolic OH excluding ortho intramolecular Hbond substituents is 1. The zero-order valence-corrected chi connectivity index (χ0v) is 19.3. The Morgan fingerprint density at radius 3 is 2.06 bits per heavy atom. The van der Waals surface area contributed by atoms with Crippen LogP contribution in [-0.2, 0) is 4.79 Å². The van der Waals surface area contributed by atoms with Crippen molar-refractivity contribution in [1.82, 2.24) is 10.2 Å². The summed E-state index contributed by atoms with van der Waals surface area (Å²) >= 11 is 0. The second-order valence-electron chi connectivity index (χ2n) is 8.96. The van der Waals surface area contributed by atoms with E-state index in [1.165, 1.54) is 11.1 Å². The van der Waals surface area contributed by atoms with Gasteiger partial charge in [0.15, 0.2) is 0 Å². The van der Waals surface area contributed by atoms with Crippen LogP contribution in [-0.4, -0.2) is 48.6 Å². The zero-order chi connectivity index (χ0) is 22.4. The molecule has 0 bridgehead atoms. The maximum Gasteiger partial charge on any atom is 0.236 e. The Morgan fingerprint density at radius 2 is 1.52 bits per heavy atom. The highest BCUT2D eigenvalue weighted by Crippen LogP contribution is 2.25. The highest BCUT2D eigenvalue weighted by molar-refractivity contribution is 5.78. The van der Waals surface area contributed by atoms with Gasteiger partial charge in [0.2, 0.25) is 5.91 Å². The molecule has 1 amide bonds. The monoisotopic (exact) mass is 423 g/mol. The van der Waals surface area contributed by atoms with Crippen molar-refractivity contribution >= 4 is 11.6 Å². The first-order chi connectivity index (χ1) is 14.9. The van der Waals surface area contributed by atoms with Gasteiger partial charge >= 0.3 is 0 Å². The average Bonchev–Trinajstić information content (AvgIpc) is 2.79. The Kier molecular flexibility index (Phi) is 7.97. The summed E-state index contributed by atoms with van der Waals surface area (Å²) in [5.74, 6) is 1.40. The minimum atomic E-state index is 0.159. The van der Waals surface area contributed by atoms with Gasteiger partial charge in [-0.15, -0.1) is 0 Å². The standard InChI is InChI=1S/C26H37N3O2/c1-5-20(4)21-6-8-22(9-7-21)26(19(2)3)27-18-25(31)29-16-14-28(15-17-29)23-10-12-24(30)13-11-23/h6-13,19-20,26-27,30H,5,14-18H2,1-4H3/t20-,26+/m0/s1. The number of phenols is 1. The molecule has 5 nitrogen and oxygen atoms in total. The molecule has 2 aromatic rings. The first kappa shape index (κ1) is 23.1. The quantitative estimate of drug-likeness (QED) is 0.654. The summed E-state index contributed by atoms with van der Waals surface area (Å²) in [6.45, 7) is 12.3. The minimum Gasteiger partial charge on any atom is -0.508 e. The molecule has 1 heterocycles. The van der Waals surface area contributed by atoms with Gasteiger partial charge in [0.05, 0.1) is 6.54 Å². The number of nitrogens with zero attached hydrogens (tertiary/aromatic N) is 2. The van der Waals surface area contributed by atoms with E-state index in [2.05, 4.69) is 62.2 Å². The molecule has 0 aliphatic carbocycles. The fraction of sp³-hybridized carbons (Fsp3) is 0.500. The summed E-state index contributed by atoms with van der Waals surface area (Å²) < 4.78 is 0. The molecule has 0 radical (unpaired) electrons. The van der Waals surface area contributed by atoms with Crippen LogP contribution in [0.4, 0.5) is 5.69 Å². The molecule has 1 fully saturated rings. The Balaban J connectivity index is 1.53. The lowest BCUT2D eigenvalue weighted by atomic mass is 9.92. The number of piperazine rings is 1. The van der Waals surface area contributed by atoms with Crippen molar-refractivity contribution in [1.29, 1.82) is 0 Å². The first-order valence-electron chi connectivity index (χ1n) is 11.5. The fourth-order valence-corrected chi connectivity index (χ4v) is 4.19. The van der Waals surface area contributed by atoms with Crippen molar-refractivity contribution in [3.8, 4) is 5.75 Å². The number of amides is 1. The van der Waals surface area contributed by atoms with Crippen molar-refractivity contribution in [3.63, 3.8) is 0 Å². The Labute approximate surface area is 187 Å². The number of anilines is 1. The van der Waals surface area contributed by atoms with Crippen molar-refractivity contribution in [2.45, 2.75) is 46.1 Å². The Bertz CT molecular complexity index is 825. The molecule has 0 aromatic heterocycles. The minimum absolute atomic E-state index is 0.159. The third-order valence-electron chi connectivity index (χ3n) is 6.46. The summed E-state index contributed by atoms with van der Waals surface area (Å²) in [7, 11) is 0. The van der Waals surface area contributed by atoms with Crippen LogP contribution < -0.4 is 10.2 Å². The second kappa shape index (κ2) is 10.7. The van der Waals surface area contributed by atoms with Crippen LogP contribution in [0.25, 0.3) is 0 Å². The zero-order valence-electron chi connectivity index (χ0n) is 19.3. The first-order valence-corrected chi connectivity index (χ1v) is 11.5. The SMILES string of the molecule is CC[C@H](C)c1ccc([C@H](NCC(=O)N2CCN(c3ccc(O)cc3)CC2)C(C)C)cc1. The topological polar surface area (TPSA) is 55.8 Å².